The molecule has 0 saturated carbocycles. The van der Waals surface area contributed by atoms with E-state index in [0.29, 0.717) is 17.4 Å². The van der Waals surface area contributed by atoms with Crippen LogP contribution in [-0.2, 0) is 18.4 Å². The smallest absolute Gasteiger partial charge is 0.387 e. The maximum atomic E-state index is 12.9. The molecule has 0 aliphatic carbocycles. The second-order valence-electron chi connectivity index (χ2n) is 21.7. The molecule has 8 nitrogen and oxygen atoms in total. The van der Waals surface area contributed by atoms with Crippen LogP contribution in [0.15, 0.2) is 72.9 Å². The maximum Gasteiger partial charge on any atom is 0.472 e. The van der Waals surface area contributed by atoms with E-state index in [9.17, 15) is 19.4 Å². The van der Waals surface area contributed by atoms with E-state index in [2.05, 4.69) is 79.9 Å². The summed E-state index contributed by atoms with van der Waals surface area (Å²) in [5.41, 5.74) is 0. The van der Waals surface area contributed by atoms with Gasteiger partial charge in [0.25, 0.3) is 0 Å². The Balaban J connectivity index is 3.86. The van der Waals surface area contributed by atoms with Crippen molar-refractivity contribution in [3.63, 3.8) is 0 Å². The highest BCUT2D eigenvalue weighted by molar-refractivity contribution is 7.47. The van der Waals surface area contributed by atoms with Crippen LogP contribution in [0, 0.1) is 0 Å². The van der Waals surface area contributed by atoms with Crippen LogP contribution in [0.25, 0.3) is 0 Å². The largest absolute Gasteiger partial charge is 0.472 e. The van der Waals surface area contributed by atoms with E-state index < -0.39 is 20.0 Å². The van der Waals surface area contributed by atoms with E-state index >= 15 is 0 Å². The third-order valence-electron chi connectivity index (χ3n) is 13.4. The van der Waals surface area contributed by atoms with Crippen LogP contribution >= 0.6 is 7.82 Å². The fraction of sp³-hybridized carbons (Fsp3) is 0.794. The van der Waals surface area contributed by atoms with Gasteiger partial charge in [-0.3, -0.25) is 13.8 Å². The molecule has 0 saturated heterocycles. The molecule has 3 atom stereocenters. The van der Waals surface area contributed by atoms with Crippen molar-refractivity contribution < 1.29 is 32.9 Å². The number of nitrogens with one attached hydrogen (secondary N) is 1. The summed E-state index contributed by atoms with van der Waals surface area (Å²) < 4.78 is 23.6. The van der Waals surface area contributed by atoms with Crippen LogP contribution in [0.5, 0.6) is 0 Å². The number of hydrogen-bond acceptors (Lipinski definition) is 5. The highest BCUT2D eigenvalue weighted by Crippen LogP contribution is 2.43. The molecule has 0 fully saturated rings. The third-order valence-corrected chi connectivity index (χ3v) is 14.4. The lowest BCUT2D eigenvalue weighted by Gasteiger charge is -2.25. The number of phosphoric acid groups is 1. The summed E-state index contributed by atoms with van der Waals surface area (Å²) in [6.45, 7) is 4.66. The molecule has 0 heterocycles. The van der Waals surface area contributed by atoms with Gasteiger partial charge in [-0.2, -0.15) is 0 Å². The van der Waals surface area contributed by atoms with Gasteiger partial charge < -0.3 is 19.8 Å². The van der Waals surface area contributed by atoms with Crippen molar-refractivity contribution in [1.82, 2.24) is 5.32 Å². The number of aliphatic hydroxyl groups excluding tert-OH is 1. The molecule has 0 bridgehead atoms. The summed E-state index contributed by atoms with van der Waals surface area (Å²) in [6, 6.07) is -0.862. The Morgan fingerprint density at radius 3 is 1.28 bits per heavy atom. The lowest BCUT2D eigenvalue weighted by molar-refractivity contribution is -0.870. The Kier molecular flexibility index (Phi) is 52.2. The normalized spacial score (nSPS) is 14.4. The summed E-state index contributed by atoms with van der Waals surface area (Å²) in [6.07, 6.45) is 74.8. The van der Waals surface area contributed by atoms with Crippen molar-refractivity contribution in [2.45, 2.75) is 283 Å². The fourth-order valence-electron chi connectivity index (χ4n) is 8.70. The summed E-state index contributed by atoms with van der Waals surface area (Å²) in [7, 11) is 1.56. The second-order valence-corrected chi connectivity index (χ2v) is 23.1. The first-order valence-corrected chi connectivity index (χ1v) is 31.8. The zero-order chi connectivity index (χ0) is 52.7. The molecule has 3 unspecified atom stereocenters. The van der Waals surface area contributed by atoms with E-state index in [4.69, 9.17) is 9.05 Å². The SMILES string of the molecule is CC/C=C\C/C=C\C/C=C\C/C=C\CCCCCCCCCCCCCCCCCCCCCCCCCCCCC(=O)NC(COP(=O)(O)OCC[N+](C)(C)C)C(O)/C=C/CC/C=C/CCCCCCC. The number of carbonyl (C=O) groups excluding carboxylic acids is 1. The minimum Gasteiger partial charge on any atom is -0.387 e. The number of allylic oxidation sites excluding steroid dienone is 11. The van der Waals surface area contributed by atoms with Crippen molar-refractivity contribution in [3.8, 4) is 0 Å². The molecular formula is C63H118N2O6P+. The summed E-state index contributed by atoms with van der Waals surface area (Å²) >= 11 is 0. The van der Waals surface area contributed by atoms with Crippen molar-refractivity contribution in [3.05, 3.63) is 72.9 Å². The number of unbranched alkanes of at least 4 members (excludes halogenated alkanes) is 32. The fourth-order valence-corrected chi connectivity index (χ4v) is 9.43. The van der Waals surface area contributed by atoms with E-state index in [1.165, 1.54) is 186 Å². The van der Waals surface area contributed by atoms with E-state index in [1.54, 1.807) is 6.08 Å². The molecule has 0 spiro atoms. The summed E-state index contributed by atoms with van der Waals surface area (Å²) in [4.78, 5) is 23.2. The minimum absolute atomic E-state index is 0.0560. The zero-order valence-corrected chi connectivity index (χ0v) is 48.8. The number of rotatable bonds is 55. The van der Waals surface area contributed by atoms with Crippen LogP contribution in [0.3, 0.4) is 0 Å². The van der Waals surface area contributed by atoms with Gasteiger partial charge in [-0.15, -0.1) is 0 Å². The minimum atomic E-state index is -4.35. The van der Waals surface area contributed by atoms with E-state index in [1.807, 2.05) is 27.2 Å². The molecular weight excluding hydrogens is 912 g/mol. The molecule has 0 rings (SSSR count). The van der Waals surface area contributed by atoms with Crippen LogP contribution in [0.1, 0.15) is 271 Å². The average Bonchev–Trinajstić information content (AvgIpc) is 3.34. The molecule has 0 aromatic carbocycles. The number of hydrogen-bond donors (Lipinski definition) is 3. The average molecular weight is 1030 g/mol. The first-order chi connectivity index (χ1) is 35.0. The number of phosphoric ester groups is 1. The predicted octanol–water partition coefficient (Wildman–Crippen LogP) is 18.7. The highest BCUT2D eigenvalue weighted by atomic mass is 31.2. The quantitative estimate of drug-likeness (QED) is 0.0243. The first kappa shape index (κ1) is 69.9. The standard InChI is InChI=1S/C63H117N2O6P/c1-6-8-10-12-14-16-18-19-20-21-22-23-24-25-26-27-28-29-30-31-32-33-34-35-36-37-38-39-40-41-42-43-44-45-47-49-51-53-55-57-63(67)64-61(60-71-72(68,69)70-59-58-65(3,4)5)62(66)56-54-52-50-48-46-17-15-13-11-9-7-2/h8,10,14,16,19-20,22-23,46,48,54,56,61-62,66H,6-7,9,11-13,15,17-18,21,24-45,47,49-53,55,57-60H2,1-5H3,(H-,64,67,68,69)/p+1/b10-8-,16-14-,20-19-,23-22-,48-46+,56-54+. The number of amides is 1. The third kappa shape index (κ3) is 55.7. The van der Waals surface area contributed by atoms with E-state index in [0.717, 1.165) is 64.2 Å². The lowest BCUT2D eigenvalue weighted by Crippen LogP contribution is -2.45. The monoisotopic (exact) mass is 1030 g/mol. The van der Waals surface area contributed by atoms with Gasteiger partial charge >= 0.3 is 7.82 Å². The Morgan fingerprint density at radius 1 is 0.486 bits per heavy atom. The Morgan fingerprint density at radius 2 is 0.847 bits per heavy atom. The Bertz CT molecular complexity index is 1400. The van der Waals surface area contributed by atoms with Crippen LogP contribution in [-0.4, -0.2) is 73.4 Å². The molecule has 72 heavy (non-hydrogen) atoms. The summed E-state index contributed by atoms with van der Waals surface area (Å²) in [5, 5.41) is 13.8. The molecule has 0 aromatic rings. The topological polar surface area (TPSA) is 105 Å². The van der Waals surface area contributed by atoms with Crippen LogP contribution < -0.4 is 5.32 Å². The number of quaternary nitrogens is 1. The van der Waals surface area contributed by atoms with Gasteiger partial charge in [-0.25, -0.2) is 4.57 Å². The van der Waals surface area contributed by atoms with Gasteiger partial charge in [0.15, 0.2) is 0 Å². The summed E-state index contributed by atoms with van der Waals surface area (Å²) in [5.74, 6) is -0.186. The number of aliphatic hydroxyl groups is 1. The molecule has 0 aliphatic rings. The van der Waals surface area contributed by atoms with Crippen molar-refractivity contribution in [2.75, 3.05) is 40.9 Å². The first-order valence-electron chi connectivity index (χ1n) is 30.3. The number of carbonyl (C=O) groups is 1. The highest BCUT2D eigenvalue weighted by Gasteiger charge is 2.27. The van der Waals surface area contributed by atoms with E-state index in [-0.39, 0.29) is 19.1 Å². The van der Waals surface area contributed by atoms with Crippen molar-refractivity contribution in [1.29, 1.82) is 0 Å². The molecule has 3 N–H and O–H groups in total. The molecule has 0 aliphatic heterocycles. The maximum absolute atomic E-state index is 12.9. The van der Waals surface area contributed by atoms with Gasteiger partial charge in [0.05, 0.1) is 39.9 Å². The molecule has 1 amide bonds. The molecule has 0 aromatic heterocycles. The lowest BCUT2D eigenvalue weighted by atomic mass is 10.0. The zero-order valence-electron chi connectivity index (χ0n) is 47.9. The van der Waals surface area contributed by atoms with Gasteiger partial charge in [-0.1, -0.05) is 267 Å². The van der Waals surface area contributed by atoms with Crippen molar-refractivity contribution >= 4 is 13.7 Å². The van der Waals surface area contributed by atoms with Gasteiger partial charge in [-0.05, 0) is 70.6 Å². The van der Waals surface area contributed by atoms with Gasteiger partial charge in [0, 0.05) is 6.42 Å². The second kappa shape index (κ2) is 53.8. The van der Waals surface area contributed by atoms with Gasteiger partial charge in [0.2, 0.25) is 5.91 Å². The van der Waals surface area contributed by atoms with Crippen LogP contribution in [0.4, 0.5) is 0 Å². The Labute approximate surface area is 446 Å². The number of likely N-dealkylation sites (N-methyl/N-ethyl adjacent to an activating group) is 1. The van der Waals surface area contributed by atoms with Crippen molar-refractivity contribution in [2.24, 2.45) is 0 Å². The van der Waals surface area contributed by atoms with Crippen LogP contribution in [0.2, 0.25) is 0 Å². The predicted molar refractivity (Wildman–Crippen MR) is 313 cm³/mol. The molecule has 9 heteroatoms. The molecule has 420 valence electrons. The van der Waals surface area contributed by atoms with Gasteiger partial charge in [0.1, 0.15) is 13.2 Å². The molecule has 0 radical (unpaired) electrons. The Hall–Kier alpha value is -2.06. The number of nitrogens with zero attached hydrogens (tertiary/aromatic N) is 1.